The molecule has 0 aromatic carbocycles. The summed E-state index contributed by atoms with van der Waals surface area (Å²) in [7, 11) is 0. The SMILES string of the molecule is C1=CC2=C(CCO2)N=I1. The highest BCUT2D eigenvalue weighted by atomic mass is 127. The summed E-state index contributed by atoms with van der Waals surface area (Å²) in [5.41, 5.74) is 1.20. The van der Waals surface area contributed by atoms with Crippen LogP contribution in [0.5, 0.6) is 0 Å². The Balaban J connectivity index is 2.41. The number of hydrogen-bond donors (Lipinski definition) is 0. The van der Waals surface area contributed by atoms with E-state index in [1.54, 1.807) is 0 Å². The molecule has 0 spiro atoms. The minimum absolute atomic E-state index is 0.0125. The molecule has 9 heavy (non-hydrogen) atoms. The summed E-state index contributed by atoms with van der Waals surface area (Å²) in [6, 6.07) is 0. The maximum Gasteiger partial charge on any atom is 0.141 e. The third-order valence-corrected chi connectivity index (χ3v) is 2.84. The zero-order valence-corrected chi connectivity index (χ0v) is 6.96. The second kappa shape index (κ2) is 2.21. The number of rotatable bonds is 0. The first-order valence-corrected chi connectivity index (χ1v) is 5.04. The predicted molar refractivity (Wildman–Crippen MR) is 43.2 cm³/mol. The molecule has 0 aliphatic carbocycles. The molecule has 48 valence electrons. The van der Waals surface area contributed by atoms with Gasteiger partial charge < -0.3 is 4.74 Å². The van der Waals surface area contributed by atoms with Crippen molar-refractivity contribution in [1.82, 2.24) is 0 Å². The Hall–Kier alpha value is -0.190. The van der Waals surface area contributed by atoms with E-state index >= 15 is 0 Å². The smallest absolute Gasteiger partial charge is 0.141 e. The number of ether oxygens (including phenoxy) is 1. The third-order valence-electron chi connectivity index (χ3n) is 1.30. The lowest BCUT2D eigenvalue weighted by Crippen LogP contribution is -1.79. The Morgan fingerprint density at radius 2 is 2.67 bits per heavy atom. The summed E-state index contributed by atoms with van der Waals surface area (Å²) < 4.78 is 11.8. The van der Waals surface area contributed by atoms with Gasteiger partial charge in [-0.15, -0.1) is 0 Å². The highest BCUT2D eigenvalue weighted by molar-refractivity contribution is 14.2. The van der Waals surface area contributed by atoms with E-state index in [9.17, 15) is 0 Å². The van der Waals surface area contributed by atoms with E-state index in [-0.39, 0.29) is 21.0 Å². The summed E-state index contributed by atoms with van der Waals surface area (Å²) >= 11 is -0.0125. The molecule has 2 rings (SSSR count). The molecule has 0 unspecified atom stereocenters. The van der Waals surface area contributed by atoms with Crippen molar-refractivity contribution in [3.63, 3.8) is 0 Å². The first-order valence-electron chi connectivity index (χ1n) is 2.83. The van der Waals surface area contributed by atoms with Crippen molar-refractivity contribution in [2.45, 2.75) is 6.42 Å². The van der Waals surface area contributed by atoms with Crippen LogP contribution < -0.4 is 0 Å². The van der Waals surface area contributed by atoms with Gasteiger partial charge in [0, 0.05) is 27.5 Å². The molecule has 0 N–H and O–H groups in total. The topological polar surface area (TPSA) is 21.6 Å². The van der Waals surface area contributed by atoms with Crippen molar-refractivity contribution < 1.29 is 4.74 Å². The molecule has 0 fully saturated rings. The summed E-state index contributed by atoms with van der Waals surface area (Å²) in [4.78, 5) is 0. The number of allylic oxidation sites excluding steroid dienone is 1. The summed E-state index contributed by atoms with van der Waals surface area (Å²) in [6.45, 7) is 0.836. The largest absolute Gasteiger partial charge is 0.491 e. The molecule has 0 atom stereocenters. The second-order valence-electron chi connectivity index (χ2n) is 1.88. The summed E-state index contributed by atoms with van der Waals surface area (Å²) in [6.07, 6.45) is 3.09. The maximum atomic E-state index is 5.27. The van der Waals surface area contributed by atoms with Gasteiger partial charge in [0.25, 0.3) is 0 Å². The molecule has 0 aromatic rings. The molecular weight excluding hydrogens is 229 g/mol. The molecule has 2 aliphatic rings. The van der Waals surface area contributed by atoms with Crippen LogP contribution in [-0.2, 0) is 4.74 Å². The fraction of sp³-hybridized carbons (Fsp3) is 0.333. The van der Waals surface area contributed by atoms with E-state index in [4.69, 9.17) is 4.74 Å². The monoisotopic (exact) mass is 235 g/mol. The Morgan fingerprint density at radius 1 is 1.67 bits per heavy atom. The maximum absolute atomic E-state index is 5.27. The lowest BCUT2D eigenvalue weighted by Gasteiger charge is -1.97. The third kappa shape index (κ3) is 0.933. The van der Waals surface area contributed by atoms with Crippen molar-refractivity contribution in [2.75, 3.05) is 6.61 Å². The van der Waals surface area contributed by atoms with Gasteiger partial charge in [0.2, 0.25) is 0 Å². The highest BCUT2D eigenvalue weighted by Gasteiger charge is 2.13. The fourth-order valence-electron chi connectivity index (χ4n) is 0.865. The van der Waals surface area contributed by atoms with Gasteiger partial charge in [-0.25, -0.2) is 3.15 Å². The molecule has 0 radical (unpaired) electrons. The van der Waals surface area contributed by atoms with Crippen LogP contribution in [0, 0.1) is 0 Å². The molecule has 2 heterocycles. The van der Waals surface area contributed by atoms with Crippen molar-refractivity contribution in [1.29, 1.82) is 0 Å². The van der Waals surface area contributed by atoms with Crippen molar-refractivity contribution in [3.8, 4) is 0 Å². The van der Waals surface area contributed by atoms with E-state index in [2.05, 4.69) is 13.3 Å². The first kappa shape index (κ1) is 5.58. The van der Waals surface area contributed by atoms with Crippen LogP contribution >= 0.6 is 21.0 Å². The van der Waals surface area contributed by atoms with Crippen LogP contribution in [0.3, 0.4) is 0 Å². The van der Waals surface area contributed by atoms with Gasteiger partial charge >= 0.3 is 0 Å². The minimum Gasteiger partial charge on any atom is -0.491 e. The minimum atomic E-state index is -0.0125. The van der Waals surface area contributed by atoms with Crippen LogP contribution in [0.15, 0.2) is 24.8 Å². The van der Waals surface area contributed by atoms with Crippen molar-refractivity contribution in [2.24, 2.45) is 3.15 Å². The molecule has 0 bridgehead atoms. The zero-order valence-electron chi connectivity index (χ0n) is 4.80. The molecule has 3 heteroatoms. The van der Waals surface area contributed by atoms with E-state index in [0.717, 1.165) is 18.8 Å². The zero-order chi connectivity index (χ0) is 6.10. The first-order chi connectivity index (χ1) is 4.47. The summed E-state index contributed by atoms with van der Waals surface area (Å²) in [5, 5.41) is 0. The van der Waals surface area contributed by atoms with Crippen LogP contribution in [0.2, 0.25) is 0 Å². The van der Waals surface area contributed by atoms with Gasteiger partial charge in [0.1, 0.15) is 5.76 Å². The second-order valence-corrected chi connectivity index (χ2v) is 3.64. The van der Waals surface area contributed by atoms with Crippen LogP contribution in [-0.4, -0.2) is 6.61 Å². The van der Waals surface area contributed by atoms with E-state index in [0.29, 0.717) is 0 Å². The molecular formula is C6H6INO. The van der Waals surface area contributed by atoms with Gasteiger partial charge in [0.15, 0.2) is 0 Å². The Bertz CT molecular complexity index is 195. The van der Waals surface area contributed by atoms with Gasteiger partial charge in [-0.05, 0) is 10.2 Å². The lowest BCUT2D eigenvalue weighted by molar-refractivity contribution is 0.257. The quantitative estimate of drug-likeness (QED) is 0.590. The van der Waals surface area contributed by atoms with E-state index in [1.165, 1.54) is 5.70 Å². The molecule has 0 saturated heterocycles. The molecule has 0 amide bonds. The average Bonchev–Trinajstić information content (AvgIpc) is 2.33. The van der Waals surface area contributed by atoms with Crippen LogP contribution in [0.1, 0.15) is 6.42 Å². The average molecular weight is 235 g/mol. The summed E-state index contributed by atoms with van der Waals surface area (Å²) in [5.74, 6) is 1.01. The Labute approximate surface area is 63.7 Å². The fourth-order valence-corrected chi connectivity index (χ4v) is 2.33. The van der Waals surface area contributed by atoms with E-state index < -0.39 is 0 Å². The number of hydrogen-bond acceptors (Lipinski definition) is 2. The van der Waals surface area contributed by atoms with Gasteiger partial charge in [-0.3, -0.25) is 0 Å². The molecule has 0 aromatic heterocycles. The van der Waals surface area contributed by atoms with Crippen molar-refractivity contribution >= 4 is 21.0 Å². The Morgan fingerprint density at radius 3 is 3.56 bits per heavy atom. The van der Waals surface area contributed by atoms with Gasteiger partial charge in [-0.1, -0.05) is 0 Å². The normalized spacial score (nSPS) is 23.1. The standard InChI is InChI=1S/C6H6INO/c1-3-7-8-5-2-4-9-6(1)5/h1,3H,2,4H2. The molecule has 2 nitrogen and oxygen atoms in total. The predicted octanol–water partition coefficient (Wildman–Crippen LogP) is 2.30. The number of halogens is 1. The lowest BCUT2D eigenvalue weighted by atomic mass is 10.3. The molecule has 2 aliphatic heterocycles. The van der Waals surface area contributed by atoms with Crippen molar-refractivity contribution in [3.05, 3.63) is 21.6 Å². The van der Waals surface area contributed by atoms with Crippen LogP contribution in [0.4, 0.5) is 0 Å². The van der Waals surface area contributed by atoms with Gasteiger partial charge in [-0.2, -0.15) is 0 Å². The highest BCUT2D eigenvalue weighted by Crippen LogP contribution is 2.28. The van der Waals surface area contributed by atoms with Gasteiger partial charge in [0.05, 0.1) is 12.3 Å². The molecule has 0 saturated carbocycles. The van der Waals surface area contributed by atoms with E-state index in [1.807, 2.05) is 0 Å². The Kier molecular flexibility index (Phi) is 1.37. The van der Waals surface area contributed by atoms with Crippen LogP contribution in [0.25, 0.3) is 0 Å². The number of nitrogens with zero attached hydrogens (tertiary/aromatic N) is 1.